The molecule has 3 aromatic carbocycles. The maximum atomic E-state index is 13.6. The third-order valence-corrected chi connectivity index (χ3v) is 6.00. The molecule has 0 unspecified atom stereocenters. The molecule has 1 N–H and O–H groups in total. The number of para-hydroxylation sites is 1. The van der Waals surface area contributed by atoms with Crippen molar-refractivity contribution in [2.45, 2.75) is 32.7 Å². The van der Waals surface area contributed by atoms with Crippen LogP contribution in [0.4, 0.5) is 11.4 Å². The Hall–Kier alpha value is -4.33. The van der Waals surface area contributed by atoms with Gasteiger partial charge in [0.1, 0.15) is 6.04 Å². The molecular weight excluding hydrogens is 434 g/mol. The van der Waals surface area contributed by atoms with Gasteiger partial charge in [-0.1, -0.05) is 49.4 Å². The zero-order chi connectivity index (χ0) is 24.4. The lowest BCUT2D eigenvalue weighted by Gasteiger charge is -2.26. The van der Waals surface area contributed by atoms with E-state index < -0.39 is 28.7 Å². The highest BCUT2D eigenvalue weighted by atomic mass is 16.6. The van der Waals surface area contributed by atoms with E-state index in [-0.39, 0.29) is 23.2 Å². The van der Waals surface area contributed by atoms with Crippen LogP contribution in [0.1, 0.15) is 44.3 Å². The molecule has 1 atom stereocenters. The minimum Gasteiger partial charge on any atom is -0.324 e. The molecule has 3 amide bonds. The summed E-state index contributed by atoms with van der Waals surface area (Å²) < 4.78 is 0. The number of hydrogen-bond donors (Lipinski definition) is 1. The van der Waals surface area contributed by atoms with Gasteiger partial charge in [0.2, 0.25) is 5.91 Å². The monoisotopic (exact) mass is 457 g/mol. The highest BCUT2D eigenvalue weighted by Crippen LogP contribution is 2.28. The Morgan fingerprint density at radius 1 is 0.971 bits per heavy atom. The first-order valence-electron chi connectivity index (χ1n) is 10.9. The number of aryl methyl sites for hydroxylation is 2. The molecule has 1 aliphatic heterocycles. The van der Waals surface area contributed by atoms with Gasteiger partial charge in [0, 0.05) is 24.2 Å². The first kappa shape index (κ1) is 22.8. The zero-order valence-corrected chi connectivity index (χ0v) is 18.8. The van der Waals surface area contributed by atoms with Gasteiger partial charge in [-0.2, -0.15) is 0 Å². The first-order chi connectivity index (χ1) is 16.3. The maximum absolute atomic E-state index is 13.6. The predicted molar refractivity (Wildman–Crippen MR) is 127 cm³/mol. The summed E-state index contributed by atoms with van der Waals surface area (Å²) in [6.45, 7) is 3.85. The van der Waals surface area contributed by atoms with Crippen LogP contribution in [0.25, 0.3) is 0 Å². The van der Waals surface area contributed by atoms with Crippen LogP contribution in [0.15, 0.2) is 66.7 Å². The summed E-state index contributed by atoms with van der Waals surface area (Å²) in [5.41, 5.74) is 3.45. The number of carbonyl (C=O) groups excluding carboxylic acids is 3. The molecule has 0 spiro atoms. The number of benzene rings is 3. The normalized spacial score (nSPS) is 13.5. The third-order valence-electron chi connectivity index (χ3n) is 6.00. The summed E-state index contributed by atoms with van der Waals surface area (Å²) in [5.74, 6) is -1.58. The molecule has 0 aliphatic carbocycles. The van der Waals surface area contributed by atoms with Gasteiger partial charge >= 0.3 is 0 Å². The Morgan fingerprint density at radius 3 is 2.15 bits per heavy atom. The number of imide groups is 1. The van der Waals surface area contributed by atoms with Crippen molar-refractivity contribution in [2.24, 2.45) is 0 Å². The van der Waals surface area contributed by atoms with Crippen LogP contribution in [0.2, 0.25) is 0 Å². The van der Waals surface area contributed by atoms with E-state index in [0.29, 0.717) is 17.7 Å². The van der Waals surface area contributed by atoms with Gasteiger partial charge in [-0.25, -0.2) is 0 Å². The van der Waals surface area contributed by atoms with Gasteiger partial charge in [-0.15, -0.1) is 0 Å². The number of nitro benzene ring substituents is 1. The second-order valence-electron chi connectivity index (χ2n) is 8.12. The van der Waals surface area contributed by atoms with Crippen molar-refractivity contribution in [2.75, 3.05) is 5.32 Å². The Balaban J connectivity index is 1.71. The molecule has 0 bridgehead atoms. The van der Waals surface area contributed by atoms with E-state index in [1.54, 1.807) is 24.3 Å². The molecule has 0 radical (unpaired) electrons. The van der Waals surface area contributed by atoms with E-state index in [9.17, 15) is 24.5 Å². The molecule has 0 saturated carbocycles. The van der Waals surface area contributed by atoms with Gasteiger partial charge in [0.15, 0.2) is 0 Å². The fraction of sp³-hybridized carbons (Fsp3) is 0.192. The number of nitro groups is 1. The van der Waals surface area contributed by atoms with Gasteiger partial charge in [0.05, 0.1) is 16.1 Å². The molecule has 34 heavy (non-hydrogen) atoms. The molecule has 8 nitrogen and oxygen atoms in total. The lowest BCUT2D eigenvalue weighted by molar-refractivity contribution is -0.384. The fourth-order valence-corrected chi connectivity index (χ4v) is 4.18. The van der Waals surface area contributed by atoms with Crippen molar-refractivity contribution in [1.29, 1.82) is 0 Å². The lowest BCUT2D eigenvalue weighted by Crippen LogP contribution is -2.48. The third kappa shape index (κ3) is 4.17. The predicted octanol–water partition coefficient (Wildman–Crippen LogP) is 4.31. The summed E-state index contributed by atoms with van der Waals surface area (Å²) in [4.78, 5) is 51.4. The maximum Gasteiger partial charge on any atom is 0.269 e. The summed E-state index contributed by atoms with van der Waals surface area (Å²) in [6.07, 6.45) is 0.708. The number of nitrogens with zero attached hydrogens (tertiary/aromatic N) is 2. The van der Waals surface area contributed by atoms with E-state index in [4.69, 9.17) is 0 Å². The zero-order valence-electron chi connectivity index (χ0n) is 18.8. The second kappa shape index (κ2) is 9.27. The number of non-ortho nitro benzene ring substituents is 1. The van der Waals surface area contributed by atoms with Crippen LogP contribution in [0.3, 0.4) is 0 Å². The number of hydrogen-bond acceptors (Lipinski definition) is 5. The number of carbonyl (C=O) groups is 3. The number of amides is 3. The standard InChI is InChI=1S/C26H23N3O5/c1-3-18-8-6-7-16(2)23(18)27-24(30)22(15-17-11-13-19(14-12-17)29(33)34)28-25(31)20-9-4-5-10-21(20)26(28)32/h4-14,22H,3,15H2,1-2H3,(H,27,30)/t22-/m1/s1. The molecule has 4 rings (SSSR count). The van der Waals surface area contributed by atoms with E-state index in [1.165, 1.54) is 24.3 Å². The fourth-order valence-electron chi connectivity index (χ4n) is 4.18. The summed E-state index contributed by atoms with van der Waals surface area (Å²) in [7, 11) is 0. The Morgan fingerprint density at radius 2 is 1.59 bits per heavy atom. The Bertz CT molecular complexity index is 1270. The van der Waals surface area contributed by atoms with Crippen molar-refractivity contribution in [3.63, 3.8) is 0 Å². The number of anilines is 1. The number of fused-ring (bicyclic) bond motifs is 1. The molecule has 0 fully saturated rings. The van der Waals surface area contributed by atoms with Crippen LogP contribution in [0.5, 0.6) is 0 Å². The average Bonchev–Trinajstić information content (AvgIpc) is 3.09. The summed E-state index contributed by atoms with van der Waals surface area (Å²) in [5, 5.41) is 13.9. The Kier molecular flexibility index (Phi) is 6.23. The van der Waals surface area contributed by atoms with Crippen molar-refractivity contribution in [3.05, 3.63) is 105 Å². The molecule has 172 valence electrons. The lowest BCUT2D eigenvalue weighted by atomic mass is 10.0. The van der Waals surface area contributed by atoms with Gasteiger partial charge in [-0.05, 0) is 42.2 Å². The van der Waals surface area contributed by atoms with E-state index in [0.717, 1.165) is 16.0 Å². The SMILES string of the molecule is CCc1cccc(C)c1NC(=O)[C@@H](Cc1ccc([N+](=O)[O-])cc1)N1C(=O)c2ccccc2C1=O. The largest absolute Gasteiger partial charge is 0.324 e. The number of nitrogens with one attached hydrogen (secondary N) is 1. The molecule has 0 saturated heterocycles. The van der Waals surface area contributed by atoms with Crippen LogP contribution in [-0.4, -0.2) is 33.6 Å². The van der Waals surface area contributed by atoms with Crippen LogP contribution in [-0.2, 0) is 17.6 Å². The summed E-state index contributed by atoms with van der Waals surface area (Å²) >= 11 is 0. The topological polar surface area (TPSA) is 110 Å². The molecule has 3 aromatic rings. The first-order valence-corrected chi connectivity index (χ1v) is 10.9. The minimum absolute atomic E-state index is 0.0165. The van der Waals surface area contributed by atoms with Crippen molar-refractivity contribution < 1.29 is 19.3 Å². The highest BCUT2D eigenvalue weighted by molar-refractivity contribution is 6.23. The van der Waals surface area contributed by atoms with Crippen LogP contribution >= 0.6 is 0 Å². The van der Waals surface area contributed by atoms with Gasteiger partial charge in [0.25, 0.3) is 17.5 Å². The smallest absolute Gasteiger partial charge is 0.269 e. The van der Waals surface area contributed by atoms with Crippen molar-refractivity contribution in [3.8, 4) is 0 Å². The molecule has 8 heteroatoms. The molecular formula is C26H23N3O5. The van der Waals surface area contributed by atoms with Crippen molar-refractivity contribution >= 4 is 29.1 Å². The van der Waals surface area contributed by atoms with Crippen molar-refractivity contribution in [1.82, 2.24) is 4.90 Å². The molecule has 0 aromatic heterocycles. The number of rotatable bonds is 7. The quantitative estimate of drug-likeness (QED) is 0.323. The van der Waals surface area contributed by atoms with E-state index in [2.05, 4.69) is 5.32 Å². The van der Waals surface area contributed by atoms with Crippen LogP contribution < -0.4 is 5.32 Å². The van der Waals surface area contributed by atoms with E-state index >= 15 is 0 Å². The summed E-state index contributed by atoms with van der Waals surface area (Å²) in [6, 6.07) is 16.7. The van der Waals surface area contributed by atoms with Gasteiger partial charge in [-0.3, -0.25) is 29.4 Å². The molecule has 1 aliphatic rings. The van der Waals surface area contributed by atoms with Crippen LogP contribution in [0, 0.1) is 17.0 Å². The van der Waals surface area contributed by atoms with Gasteiger partial charge < -0.3 is 5.32 Å². The Labute approximate surface area is 196 Å². The second-order valence-corrected chi connectivity index (χ2v) is 8.12. The highest BCUT2D eigenvalue weighted by Gasteiger charge is 2.42. The van der Waals surface area contributed by atoms with E-state index in [1.807, 2.05) is 32.0 Å². The molecule has 1 heterocycles. The average molecular weight is 457 g/mol. The minimum atomic E-state index is -1.14.